The fourth-order valence-electron chi connectivity index (χ4n) is 2.79. The van der Waals surface area contributed by atoms with E-state index < -0.39 is 0 Å². The number of nitrogen functional groups attached to an aromatic ring is 1. The van der Waals surface area contributed by atoms with Crippen molar-refractivity contribution in [3.05, 3.63) is 59.4 Å². The highest BCUT2D eigenvalue weighted by atomic mass is 16.5. The Morgan fingerprint density at radius 2 is 1.78 bits per heavy atom. The Bertz CT molecular complexity index is 680. The van der Waals surface area contributed by atoms with Crippen LogP contribution in [0.1, 0.15) is 43.2 Å². The van der Waals surface area contributed by atoms with Crippen LogP contribution in [0.3, 0.4) is 0 Å². The number of allylic oxidation sites excluding steroid dienone is 2. The highest BCUT2D eigenvalue weighted by Crippen LogP contribution is 2.17. The topological polar surface area (TPSA) is 118 Å². The third-order valence-corrected chi connectivity index (χ3v) is 4.45. The van der Waals surface area contributed by atoms with Crippen LogP contribution in [0.5, 0.6) is 0 Å². The van der Waals surface area contributed by atoms with Crippen LogP contribution in [0.25, 0.3) is 0 Å². The number of rotatable bonds is 11. The third-order valence-electron chi connectivity index (χ3n) is 4.45. The van der Waals surface area contributed by atoms with Gasteiger partial charge in [0, 0.05) is 18.1 Å². The molecule has 0 spiro atoms. The first-order valence-corrected chi connectivity index (χ1v) is 9.42. The second-order valence-corrected chi connectivity index (χ2v) is 6.68. The lowest BCUT2D eigenvalue weighted by Gasteiger charge is -2.08. The van der Waals surface area contributed by atoms with E-state index in [4.69, 9.17) is 31.8 Å². The number of benzene rings is 1. The molecule has 27 heavy (non-hydrogen) atoms. The summed E-state index contributed by atoms with van der Waals surface area (Å²) in [5.41, 5.74) is 12.8. The maximum atomic E-state index is 7.52. The van der Waals surface area contributed by atoms with Crippen LogP contribution in [-0.4, -0.2) is 24.9 Å². The third kappa shape index (κ3) is 7.66. The van der Waals surface area contributed by atoms with E-state index in [0.717, 1.165) is 55.6 Å². The summed E-state index contributed by atoms with van der Waals surface area (Å²) < 4.78 is 11.5. The zero-order chi connectivity index (χ0) is 19.5. The average Bonchev–Trinajstić information content (AvgIpc) is 2.90. The van der Waals surface area contributed by atoms with Crippen LogP contribution in [0.4, 0.5) is 0 Å². The summed E-state index contributed by atoms with van der Waals surface area (Å²) >= 11 is 0. The molecule has 6 nitrogen and oxygen atoms in total. The number of hydrogen-bond donors (Lipinski definition) is 4. The lowest BCUT2D eigenvalue weighted by Crippen LogP contribution is -2.20. The van der Waals surface area contributed by atoms with E-state index in [-0.39, 0.29) is 17.6 Å². The van der Waals surface area contributed by atoms with Gasteiger partial charge in [-0.1, -0.05) is 30.3 Å². The predicted octanol–water partition coefficient (Wildman–Crippen LogP) is 3.46. The van der Waals surface area contributed by atoms with Gasteiger partial charge >= 0.3 is 0 Å². The van der Waals surface area contributed by atoms with Crippen molar-refractivity contribution >= 4 is 11.7 Å². The lowest BCUT2D eigenvalue weighted by atomic mass is 10.0. The molecule has 0 heterocycles. The van der Waals surface area contributed by atoms with Crippen LogP contribution in [0, 0.1) is 16.7 Å². The van der Waals surface area contributed by atoms with Gasteiger partial charge in [-0.25, -0.2) is 0 Å². The zero-order valence-corrected chi connectivity index (χ0v) is 15.7. The lowest BCUT2D eigenvalue weighted by molar-refractivity contribution is 0.114. The zero-order valence-electron chi connectivity index (χ0n) is 15.7. The van der Waals surface area contributed by atoms with E-state index in [1.165, 1.54) is 0 Å². The SMILES string of the molecule is N=C(N)c1ccc(COCCCCCOC2=CCCC(C(=N)N)C=C2)cc1. The van der Waals surface area contributed by atoms with Gasteiger partial charge in [-0.3, -0.25) is 10.8 Å². The quantitative estimate of drug-likeness (QED) is 0.271. The van der Waals surface area contributed by atoms with Gasteiger partial charge in [0.15, 0.2) is 0 Å². The minimum absolute atomic E-state index is 0.0261. The molecule has 1 aromatic carbocycles. The van der Waals surface area contributed by atoms with Crippen molar-refractivity contribution in [3.63, 3.8) is 0 Å². The van der Waals surface area contributed by atoms with Crippen LogP contribution in [-0.2, 0) is 16.1 Å². The van der Waals surface area contributed by atoms with Crippen molar-refractivity contribution in [3.8, 4) is 0 Å². The summed E-state index contributed by atoms with van der Waals surface area (Å²) in [4.78, 5) is 0. The van der Waals surface area contributed by atoms with E-state index in [9.17, 15) is 0 Å². The van der Waals surface area contributed by atoms with Crippen molar-refractivity contribution in [2.45, 2.75) is 38.7 Å². The molecule has 0 aliphatic heterocycles. The molecule has 0 saturated carbocycles. The molecule has 6 N–H and O–H groups in total. The highest BCUT2D eigenvalue weighted by Gasteiger charge is 2.10. The molecule has 146 valence electrons. The molecule has 1 atom stereocenters. The number of nitrogens with one attached hydrogen (secondary N) is 2. The van der Waals surface area contributed by atoms with Crippen LogP contribution in [0.15, 0.2) is 48.3 Å². The molecule has 1 aliphatic rings. The normalized spacial score (nSPS) is 16.4. The van der Waals surface area contributed by atoms with Crippen LogP contribution < -0.4 is 11.5 Å². The van der Waals surface area contributed by atoms with Gasteiger partial charge in [-0.15, -0.1) is 0 Å². The molecule has 0 radical (unpaired) electrons. The second-order valence-electron chi connectivity index (χ2n) is 6.68. The highest BCUT2D eigenvalue weighted by molar-refractivity contribution is 5.94. The first kappa shape index (κ1) is 20.7. The Kier molecular flexibility index (Phi) is 8.58. The Morgan fingerprint density at radius 3 is 2.48 bits per heavy atom. The molecule has 1 aromatic rings. The summed E-state index contributed by atoms with van der Waals surface area (Å²) in [6, 6.07) is 7.56. The number of hydrogen-bond acceptors (Lipinski definition) is 4. The molecule has 6 heteroatoms. The van der Waals surface area contributed by atoms with Crippen molar-refractivity contribution < 1.29 is 9.47 Å². The summed E-state index contributed by atoms with van der Waals surface area (Å²) in [7, 11) is 0. The Hall–Kier alpha value is -2.60. The van der Waals surface area contributed by atoms with Crippen molar-refractivity contribution in [2.75, 3.05) is 13.2 Å². The maximum absolute atomic E-state index is 7.52. The van der Waals surface area contributed by atoms with E-state index in [1.807, 2.05) is 36.4 Å². The average molecular weight is 370 g/mol. The maximum Gasteiger partial charge on any atom is 0.122 e. The fraction of sp³-hybridized carbons (Fsp3) is 0.429. The molecule has 0 bridgehead atoms. The predicted molar refractivity (Wildman–Crippen MR) is 109 cm³/mol. The largest absolute Gasteiger partial charge is 0.494 e. The monoisotopic (exact) mass is 370 g/mol. The molecule has 2 rings (SSSR count). The standard InChI is InChI=1S/C21H30N4O2/c22-20(23)17-5-4-6-19(12-11-17)27-14-3-1-2-13-26-15-16-7-9-18(10-8-16)21(24)25/h6-12,17H,1-5,13-15H2,(H3,22,23)(H3,24,25). The van der Waals surface area contributed by atoms with Crippen molar-refractivity contribution in [1.29, 1.82) is 10.8 Å². The smallest absolute Gasteiger partial charge is 0.122 e. The van der Waals surface area contributed by atoms with Gasteiger partial charge in [0.25, 0.3) is 0 Å². The van der Waals surface area contributed by atoms with E-state index in [0.29, 0.717) is 13.2 Å². The molecule has 0 fully saturated rings. The molecule has 0 amide bonds. The summed E-state index contributed by atoms with van der Waals surface area (Å²) in [5, 5.41) is 14.9. The minimum atomic E-state index is 0.0261. The van der Waals surface area contributed by atoms with Gasteiger partial charge in [-0.2, -0.15) is 0 Å². The molecule has 0 aromatic heterocycles. The van der Waals surface area contributed by atoms with Crippen LogP contribution in [0.2, 0.25) is 0 Å². The minimum Gasteiger partial charge on any atom is -0.494 e. The Balaban J connectivity index is 1.52. The van der Waals surface area contributed by atoms with Gasteiger partial charge in [0.1, 0.15) is 11.6 Å². The summed E-state index contributed by atoms with van der Waals surface area (Å²) in [6.07, 6.45) is 10.7. The Labute approximate surface area is 161 Å². The second kappa shape index (κ2) is 11.2. The number of ether oxygens (including phenoxy) is 2. The summed E-state index contributed by atoms with van der Waals surface area (Å²) in [6.45, 7) is 1.98. The van der Waals surface area contributed by atoms with Gasteiger partial charge in [0.2, 0.25) is 0 Å². The number of amidine groups is 2. The fourth-order valence-corrected chi connectivity index (χ4v) is 2.79. The van der Waals surface area contributed by atoms with E-state index in [2.05, 4.69) is 6.08 Å². The van der Waals surface area contributed by atoms with Crippen molar-refractivity contribution in [1.82, 2.24) is 0 Å². The molecule has 0 saturated heterocycles. The molecule has 1 aliphatic carbocycles. The number of unbranched alkanes of at least 4 members (excludes halogenated alkanes) is 2. The van der Waals surface area contributed by atoms with E-state index >= 15 is 0 Å². The molecule has 1 unspecified atom stereocenters. The Morgan fingerprint density at radius 1 is 1.04 bits per heavy atom. The first-order chi connectivity index (χ1) is 13.1. The summed E-state index contributed by atoms with van der Waals surface area (Å²) in [5.74, 6) is 1.20. The van der Waals surface area contributed by atoms with Gasteiger partial charge < -0.3 is 20.9 Å². The molecular weight excluding hydrogens is 340 g/mol. The first-order valence-electron chi connectivity index (χ1n) is 9.42. The van der Waals surface area contributed by atoms with Gasteiger partial charge in [0.05, 0.1) is 19.0 Å². The van der Waals surface area contributed by atoms with Gasteiger partial charge in [-0.05, 0) is 49.8 Å². The molecular formula is C21H30N4O2. The van der Waals surface area contributed by atoms with Crippen LogP contribution >= 0.6 is 0 Å². The van der Waals surface area contributed by atoms with E-state index in [1.54, 1.807) is 0 Å². The number of nitrogens with two attached hydrogens (primary N) is 2. The van der Waals surface area contributed by atoms with Crippen molar-refractivity contribution in [2.24, 2.45) is 17.4 Å².